The summed E-state index contributed by atoms with van der Waals surface area (Å²) in [5.41, 5.74) is 6.82. The summed E-state index contributed by atoms with van der Waals surface area (Å²) in [5.74, 6) is 0.499. The molecule has 0 amide bonds. The average molecular weight is 265 g/mol. The molecule has 15 heavy (non-hydrogen) atoms. The van der Waals surface area contributed by atoms with Crippen molar-refractivity contribution in [3.05, 3.63) is 59.1 Å². The third-order valence-corrected chi connectivity index (χ3v) is 1.99. The molecule has 0 saturated heterocycles. The number of allylic oxidation sites excluding steroid dienone is 2. The number of nitrogens with zero attached hydrogens (tertiary/aromatic N) is 1. The minimum absolute atomic E-state index is 0.499. The van der Waals surface area contributed by atoms with Gasteiger partial charge in [-0.2, -0.15) is 0 Å². The summed E-state index contributed by atoms with van der Waals surface area (Å²) in [4.78, 5) is 4.21. The van der Waals surface area contributed by atoms with Gasteiger partial charge in [-0.3, -0.25) is 4.99 Å². The molecule has 0 aliphatic rings. The summed E-state index contributed by atoms with van der Waals surface area (Å²) >= 11 is 3.21. The smallest absolute Gasteiger partial charge is 0.118 e. The fourth-order valence-corrected chi connectivity index (χ4v) is 1.13. The maximum absolute atomic E-state index is 5.67. The number of halogens is 1. The van der Waals surface area contributed by atoms with Gasteiger partial charge in [0.05, 0.1) is 6.54 Å². The number of rotatable bonds is 4. The SMILES string of the molecule is C=C(Br)/C=C\C(N)=NCc1ccccc1. The molecule has 0 aliphatic carbocycles. The van der Waals surface area contributed by atoms with Crippen LogP contribution in [0.15, 0.2) is 58.5 Å². The van der Waals surface area contributed by atoms with Gasteiger partial charge in [0.15, 0.2) is 0 Å². The van der Waals surface area contributed by atoms with Crippen molar-refractivity contribution in [2.45, 2.75) is 6.54 Å². The molecule has 0 bridgehead atoms. The molecular formula is C12H13BrN2. The van der Waals surface area contributed by atoms with E-state index >= 15 is 0 Å². The van der Waals surface area contributed by atoms with Crippen molar-refractivity contribution in [1.29, 1.82) is 0 Å². The molecule has 1 rings (SSSR count). The van der Waals surface area contributed by atoms with Gasteiger partial charge >= 0.3 is 0 Å². The van der Waals surface area contributed by atoms with Crippen LogP contribution in [-0.2, 0) is 6.54 Å². The van der Waals surface area contributed by atoms with Gasteiger partial charge in [-0.15, -0.1) is 0 Å². The van der Waals surface area contributed by atoms with E-state index in [9.17, 15) is 0 Å². The van der Waals surface area contributed by atoms with Crippen LogP contribution in [0.4, 0.5) is 0 Å². The summed E-state index contributed by atoms with van der Waals surface area (Å²) in [5, 5.41) is 0. The Morgan fingerprint density at radius 1 is 1.33 bits per heavy atom. The zero-order valence-corrected chi connectivity index (χ0v) is 9.94. The van der Waals surface area contributed by atoms with E-state index in [1.54, 1.807) is 12.2 Å². The van der Waals surface area contributed by atoms with Crippen LogP contribution in [0.5, 0.6) is 0 Å². The highest BCUT2D eigenvalue weighted by Gasteiger charge is 1.89. The van der Waals surface area contributed by atoms with E-state index in [-0.39, 0.29) is 0 Å². The van der Waals surface area contributed by atoms with E-state index in [0.29, 0.717) is 12.4 Å². The second-order valence-electron chi connectivity index (χ2n) is 3.01. The number of aliphatic imine (C=N–C) groups is 1. The molecule has 0 radical (unpaired) electrons. The predicted molar refractivity (Wildman–Crippen MR) is 69.0 cm³/mol. The molecule has 1 aromatic carbocycles. The number of hydrogen-bond donors (Lipinski definition) is 1. The standard InChI is InChI=1S/C12H13BrN2/c1-10(13)7-8-12(14)15-9-11-5-3-2-4-6-11/h2-8H,1,9H2,(H2,14,15)/b8-7-. The van der Waals surface area contributed by atoms with E-state index in [1.807, 2.05) is 30.3 Å². The third-order valence-electron chi connectivity index (χ3n) is 1.72. The molecule has 0 heterocycles. The van der Waals surface area contributed by atoms with Crippen molar-refractivity contribution in [2.75, 3.05) is 0 Å². The lowest BCUT2D eigenvalue weighted by molar-refractivity contribution is 1.06. The van der Waals surface area contributed by atoms with Gasteiger partial charge in [0.2, 0.25) is 0 Å². The van der Waals surface area contributed by atoms with Crippen LogP contribution >= 0.6 is 15.9 Å². The Kier molecular flexibility index (Phi) is 4.84. The highest BCUT2D eigenvalue weighted by Crippen LogP contribution is 2.02. The molecule has 0 saturated carbocycles. The maximum atomic E-state index is 5.67. The number of benzene rings is 1. The monoisotopic (exact) mass is 264 g/mol. The zero-order valence-electron chi connectivity index (χ0n) is 8.36. The molecule has 0 aliphatic heterocycles. The fourth-order valence-electron chi connectivity index (χ4n) is 0.995. The Hall–Kier alpha value is -1.35. The molecule has 0 atom stereocenters. The van der Waals surface area contributed by atoms with Gasteiger partial charge in [0, 0.05) is 4.48 Å². The summed E-state index contributed by atoms with van der Waals surface area (Å²) in [7, 11) is 0. The topological polar surface area (TPSA) is 38.4 Å². The lowest BCUT2D eigenvalue weighted by atomic mass is 10.2. The Morgan fingerprint density at radius 3 is 2.60 bits per heavy atom. The first-order valence-corrected chi connectivity index (χ1v) is 5.34. The Morgan fingerprint density at radius 2 is 2.00 bits per heavy atom. The van der Waals surface area contributed by atoms with Gasteiger partial charge in [-0.1, -0.05) is 52.8 Å². The first-order valence-electron chi connectivity index (χ1n) is 4.55. The minimum Gasteiger partial charge on any atom is -0.384 e. The van der Waals surface area contributed by atoms with Gasteiger partial charge in [-0.25, -0.2) is 0 Å². The number of nitrogens with two attached hydrogens (primary N) is 1. The van der Waals surface area contributed by atoms with Crippen molar-refractivity contribution < 1.29 is 0 Å². The minimum atomic E-state index is 0.499. The van der Waals surface area contributed by atoms with Crippen molar-refractivity contribution in [3.63, 3.8) is 0 Å². The van der Waals surface area contributed by atoms with Gasteiger partial charge in [0.25, 0.3) is 0 Å². The number of hydrogen-bond acceptors (Lipinski definition) is 1. The Labute approximate surface area is 98.3 Å². The molecule has 0 aromatic heterocycles. The highest BCUT2D eigenvalue weighted by molar-refractivity contribution is 9.11. The Balaban J connectivity index is 2.55. The lowest BCUT2D eigenvalue weighted by Gasteiger charge is -1.96. The molecule has 0 spiro atoms. The molecule has 0 fully saturated rings. The van der Waals surface area contributed by atoms with Crippen LogP contribution < -0.4 is 5.73 Å². The third kappa shape index (κ3) is 5.18. The molecule has 2 N–H and O–H groups in total. The first kappa shape index (κ1) is 11.7. The van der Waals surface area contributed by atoms with Crippen LogP contribution in [0.25, 0.3) is 0 Å². The molecular weight excluding hydrogens is 252 g/mol. The second-order valence-corrected chi connectivity index (χ2v) is 4.03. The van der Waals surface area contributed by atoms with Crippen LogP contribution in [0, 0.1) is 0 Å². The van der Waals surface area contributed by atoms with Crippen molar-refractivity contribution in [3.8, 4) is 0 Å². The van der Waals surface area contributed by atoms with Gasteiger partial charge < -0.3 is 5.73 Å². The molecule has 3 heteroatoms. The van der Waals surface area contributed by atoms with Crippen LogP contribution in [0.2, 0.25) is 0 Å². The lowest BCUT2D eigenvalue weighted by Crippen LogP contribution is -2.07. The van der Waals surface area contributed by atoms with E-state index < -0.39 is 0 Å². The highest BCUT2D eigenvalue weighted by atomic mass is 79.9. The van der Waals surface area contributed by atoms with E-state index in [0.717, 1.165) is 10.0 Å². The van der Waals surface area contributed by atoms with Crippen molar-refractivity contribution in [1.82, 2.24) is 0 Å². The van der Waals surface area contributed by atoms with E-state index in [1.165, 1.54) is 0 Å². The maximum Gasteiger partial charge on any atom is 0.118 e. The molecule has 2 nitrogen and oxygen atoms in total. The van der Waals surface area contributed by atoms with Crippen LogP contribution in [0.3, 0.4) is 0 Å². The van der Waals surface area contributed by atoms with E-state index in [2.05, 4.69) is 27.5 Å². The largest absolute Gasteiger partial charge is 0.384 e. The van der Waals surface area contributed by atoms with Crippen molar-refractivity contribution >= 4 is 21.8 Å². The normalized spacial score (nSPS) is 11.9. The van der Waals surface area contributed by atoms with Gasteiger partial charge in [-0.05, 0) is 17.7 Å². The van der Waals surface area contributed by atoms with Gasteiger partial charge in [0.1, 0.15) is 5.84 Å². The molecule has 0 unspecified atom stereocenters. The number of amidine groups is 1. The van der Waals surface area contributed by atoms with Crippen LogP contribution in [0.1, 0.15) is 5.56 Å². The molecule has 1 aromatic rings. The summed E-state index contributed by atoms with van der Waals surface area (Å²) in [6.45, 7) is 4.27. The zero-order chi connectivity index (χ0) is 11.1. The van der Waals surface area contributed by atoms with Crippen molar-refractivity contribution in [2.24, 2.45) is 10.7 Å². The van der Waals surface area contributed by atoms with E-state index in [4.69, 9.17) is 5.73 Å². The second kappa shape index (κ2) is 6.19. The molecule has 78 valence electrons. The quantitative estimate of drug-likeness (QED) is 0.507. The summed E-state index contributed by atoms with van der Waals surface area (Å²) in [6.07, 6.45) is 3.49. The van der Waals surface area contributed by atoms with Crippen LogP contribution in [-0.4, -0.2) is 5.84 Å². The average Bonchev–Trinajstić information content (AvgIpc) is 2.25. The fraction of sp³-hybridized carbons (Fsp3) is 0.0833. The predicted octanol–water partition coefficient (Wildman–Crippen LogP) is 3.01. The summed E-state index contributed by atoms with van der Waals surface area (Å²) < 4.78 is 0.778. The Bertz CT molecular complexity index is 380. The summed E-state index contributed by atoms with van der Waals surface area (Å²) in [6, 6.07) is 9.98. The first-order chi connectivity index (χ1) is 7.18.